The van der Waals surface area contributed by atoms with Crippen LogP contribution in [0.1, 0.15) is 6.42 Å². The molecule has 0 aromatic rings. The second kappa shape index (κ2) is 5.50. The smallest absolute Gasteiger partial charge is 0.317 e. The van der Waals surface area contributed by atoms with Gasteiger partial charge in [-0.25, -0.2) is 4.79 Å². The molecule has 0 aromatic heterocycles. The van der Waals surface area contributed by atoms with E-state index in [0.29, 0.717) is 6.42 Å². The van der Waals surface area contributed by atoms with Gasteiger partial charge in [0, 0.05) is 13.6 Å². The molecule has 2 unspecified atom stereocenters. The lowest BCUT2D eigenvalue weighted by Crippen LogP contribution is -2.43. The van der Waals surface area contributed by atoms with Gasteiger partial charge in [0.15, 0.2) is 0 Å². The van der Waals surface area contributed by atoms with E-state index in [1.165, 1.54) is 4.90 Å². The highest BCUT2D eigenvalue weighted by molar-refractivity contribution is 5.76. The number of nitrogens with zero attached hydrogens (tertiary/aromatic N) is 1. The molecule has 1 rings (SSSR count). The van der Waals surface area contributed by atoms with Gasteiger partial charge in [0.1, 0.15) is 0 Å². The molecule has 1 aliphatic carbocycles. The van der Waals surface area contributed by atoms with Gasteiger partial charge in [-0.3, -0.25) is 4.79 Å². The Balaban J connectivity index is 2.37. The van der Waals surface area contributed by atoms with Crippen molar-refractivity contribution >= 4 is 12.0 Å². The van der Waals surface area contributed by atoms with Crippen LogP contribution in [0.25, 0.3) is 0 Å². The summed E-state index contributed by atoms with van der Waals surface area (Å²) in [5.41, 5.74) is 0. The van der Waals surface area contributed by atoms with E-state index in [0.717, 1.165) is 0 Å². The molecule has 0 heterocycles. The second-order valence-corrected chi connectivity index (χ2v) is 3.77. The monoisotopic (exact) mass is 228 g/mol. The zero-order valence-corrected chi connectivity index (χ0v) is 9.09. The summed E-state index contributed by atoms with van der Waals surface area (Å²) in [4.78, 5) is 23.5. The third kappa shape index (κ3) is 3.23. The van der Waals surface area contributed by atoms with Gasteiger partial charge in [-0.1, -0.05) is 12.2 Å². The van der Waals surface area contributed by atoms with E-state index < -0.39 is 11.9 Å². The van der Waals surface area contributed by atoms with Crippen molar-refractivity contribution in [1.29, 1.82) is 0 Å². The average molecular weight is 228 g/mol. The molecule has 0 saturated carbocycles. The zero-order valence-electron chi connectivity index (χ0n) is 9.09. The minimum absolute atomic E-state index is 0.0951. The van der Waals surface area contributed by atoms with Crippen LogP contribution >= 0.6 is 0 Å². The average Bonchev–Trinajstić information content (AvgIpc) is 2.66. The minimum atomic E-state index is -0.878. The van der Waals surface area contributed by atoms with Crippen LogP contribution in [0.4, 0.5) is 4.79 Å². The first-order chi connectivity index (χ1) is 7.54. The fourth-order valence-electron chi connectivity index (χ4n) is 1.51. The molecule has 0 bridgehead atoms. The number of likely N-dealkylation sites (N-methyl/N-ethyl adjacent to an activating group) is 1. The van der Waals surface area contributed by atoms with Crippen molar-refractivity contribution in [2.45, 2.75) is 12.5 Å². The van der Waals surface area contributed by atoms with E-state index in [1.807, 2.05) is 0 Å². The lowest BCUT2D eigenvalue weighted by atomic mass is 10.1. The molecule has 0 spiro atoms. The maximum absolute atomic E-state index is 11.5. The Kier molecular flexibility index (Phi) is 4.30. The molecule has 0 fully saturated rings. The van der Waals surface area contributed by atoms with E-state index in [2.05, 4.69) is 5.32 Å². The van der Waals surface area contributed by atoms with Crippen molar-refractivity contribution in [2.75, 3.05) is 20.2 Å². The molecular weight excluding hydrogens is 212 g/mol. The van der Waals surface area contributed by atoms with Crippen LogP contribution in [-0.2, 0) is 4.79 Å². The maximum Gasteiger partial charge on any atom is 0.317 e. The number of rotatable bonds is 4. The SMILES string of the molecule is CN(CCO)C(=O)NC1C=CC(C(=O)O)C1. The third-order valence-electron chi connectivity index (χ3n) is 2.49. The number of carboxylic acids is 1. The number of hydrogen-bond acceptors (Lipinski definition) is 3. The van der Waals surface area contributed by atoms with Crippen molar-refractivity contribution in [1.82, 2.24) is 10.2 Å². The first-order valence-electron chi connectivity index (χ1n) is 5.08. The molecule has 0 aromatic carbocycles. The highest BCUT2D eigenvalue weighted by atomic mass is 16.4. The molecule has 0 radical (unpaired) electrons. The fourth-order valence-corrected chi connectivity index (χ4v) is 1.51. The topological polar surface area (TPSA) is 89.9 Å². The summed E-state index contributed by atoms with van der Waals surface area (Å²) in [6.07, 6.45) is 3.65. The number of nitrogens with one attached hydrogen (secondary N) is 1. The van der Waals surface area contributed by atoms with Gasteiger partial charge < -0.3 is 20.4 Å². The van der Waals surface area contributed by atoms with Crippen molar-refractivity contribution < 1.29 is 19.8 Å². The highest BCUT2D eigenvalue weighted by Gasteiger charge is 2.25. The number of carboxylic acid groups (broad SMARTS) is 1. The third-order valence-corrected chi connectivity index (χ3v) is 2.49. The molecule has 2 atom stereocenters. The molecule has 2 amide bonds. The number of carbonyl (C=O) groups excluding carboxylic acids is 1. The lowest BCUT2D eigenvalue weighted by Gasteiger charge is -2.19. The Morgan fingerprint density at radius 1 is 1.50 bits per heavy atom. The molecule has 6 heteroatoms. The van der Waals surface area contributed by atoms with Crippen molar-refractivity contribution in [3.8, 4) is 0 Å². The van der Waals surface area contributed by atoms with Gasteiger partial charge in [-0.2, -0.15) is 0 Å². The predicted octanol–water partition coefficient (Wildman–Crippen LogP) is -0.351. The summed E-state index contributed by atoms with van der Waals surface area (Å²) in [6, 6.07) is -0.551. The summed E-state index contributed by atoms with van der Waals surface area (Å²) in [7, 11) is 1.57. The number of carbonyl (C=O) groups is 2. The van der Waals surface area contributed by atoms with E-state index in [-0.39, 0.29) is 25.2 Å². The van der Waals surface area contributed by atoms with Gasteiger partial charge in [0.05, 0.1) is 18.6 Å². The quantitative estimate of drug-likeness (QED) is 0.574. The summed E-state index contributed by atoms with van der Waals surface area (Å²) >= 11 is 0. The lowest BCUT2D eigenvalue weighted by molar-refractivity contribution is -0.140. The molecule has 0 aliphatic heterocycles. The largest absolute Gasteiger partial charge is 0.481 e. The first-order valence-corrected chi connectivity index (χ1v) is 5.08. The van der Waals surface area contributed by atoms with Crippen LogP contribution in [0, 0.1) is 5.92 Å². The van der Waals surface area contributed by atoms with Gasteiger partial charge in [0.2, 0.25) is 0 Å². The van der Waals surface area contributed by atoms with E-state index in [1.54, 1.807) is 19.2 Å². The number of hydrogen-bond donors (Lipinski definition) is 3. The van der Waals surface area contributed by atoms with Crippen molar-refractivity contribution in [3.05, 3.63) is 12.2 Å². The van der Waals surface area contributed by atoms with Gasteiger partial charge in [-0.15, -0.1) is 0 Å². The number of urea groups is 1. The maximum atomic E-state index is 11.5. The predicted molar refractivity (Wildman–Crippen MR) is 56.9 cm³/mol. The minimum Gasteiger partial charge on any atom is -0.481 e. The molecule has 1 aliphatic rings. The number of aliphatic hydroxyl groups is 1. The molecule has 16 heavy (non-hydrogen) atoms. The molecular formula is C10H16N2O4. The van der Waals surface area contributed by atoms with E-state index in [9.17, 15) is 9.59 Å². The Labute approximate surface area is 93.5 Å². The van der Waals surface area contributed by atoms with Crippen molar-refractivity contribution in [2.24, 2.45) is 5.92 Å². The Hall–Kier alpha value is -1.56. The molecule has 6 nitrogen and oxygen atoms in total. The summed E-state index contributed by atoms with van der Waals surface area (Å²) in [5.74, 6) is -1.40. The highest BCUT2D eigenvalue weighted by Crippen LogP contribution is 2.17. The van der Waals surface area contributed by atoms with Gasteiger partial charge >= 0.3 is 12.0 Å². The molecule has 3 N–H and O–H groups in total. The van der Waals surface area contributed by atoms with Crippen LogP contribution in [-0.4, -0.2) is 53.4 Å². The molecule has 90 valence electrons. The summed E-state index contributed by atoms with van der Waals surface area (Å²) < 4.78 is 0. The Bertz CT molecular complexity index is 303. The van der Waals surface area contributed by atoms with E-state index in [4.69, 9.17) is 10.2 Å². The molecule has 0 saturated heterocycles. The summed E-state index contributed by atoms with van der Waals surface area (Å²) in [6.45, 7) is 0.160. The van der Waals surface area contributed by atoms with Gasteiger partial charge in [-0.05, 0) is 6.42 Å². The van der Waals surface area contributed by atoms with Crippen LogP contribution < -0.4 is 5.32 Å². The normalized spacial score (nSPS) is 23.1. The first kappa shape index (κ1) is 12.5. The van der Waals surface area contributed by atoms with Crippen LogP contribution in [0.15, 0.2) is 12.2 Å². The Morgan fingerprint density at radius 3 is 2.69 bits per heavy atom. The fraction of sp³-hybridized carbons (Fsp3) is 0.600. The van der Waals surface area contributed by atoms with Crippen LogP contribution in [0.3, 0.4) is 0 Å². The number of amides is 2. The van der Waals surface area contributed by atoms with Crippen LogP contribution in [0.2, 0.25) is 0 Å². The Morgan fingerprint density at radius 2 is 2.19 bits per heavy atom. The number of aliphatic carboxylic acids is 1. The van der Waals surface area contributed by atoms with E-state index >= 15 is 0 Å². The second-order valence-electron chi connectivity index (χ2n) is 3.77. The van der Waals surface area contributed by atoms with Gasteiger partial charge in [0.25, 0.3) is 0 Å². The standard InChI is InChI=1S/C10H16N2O4/c1-12(4-5-13)10(16)11-8-3-2-7(6-8)9(14)15/h2-3,7-8,13H,4-6H2,1H3,(H,11,16)(H,14,15). The van der Waals surface area contributed by atoms with Crippen molar-refractivity contribution in [3.63, 3.8) is 0 Å². The zero-order chi connectivity index (χ0) is 12.1. The summed E-state index contributed by atoms with van der Waals surface area (Å²) in [5, 5.41) is 20.1. The number of aliphatic hydroxyl groups excluding tert-OH is 1. The van der Waals surface area contributed by atoms with Crippen LogP contribution in [0.5, 0.6) is 0 Å².